The minimum Gasteiger partial charge on any atom is -0.491 e. The minimum atomic E-state index is -0.437. The third-order valence-corrected chi connectivity index (χ3v) is 3.98. The van der Waals surface area contributed by atoms with Crippen LogP contribution < -0.4 is 10.1 Å². The van der Waals surface area contributed by atoms with Gasteiger partial charge in [-0.2, -0.15) is 0 Å². The Morgan fingerprint density at radius 3 is 2.62 bits per heavy atom. The zero-order valence-electron chi connectivity index (χ0n) is 13.4. The second-order valence-electron chi connectivity index (χ2n) is 6.19. The molecular weight excluding hydrogens is 264 g/mol. The van der Waals surface area contributed by atoms with Crippen molar-refractivity contribution in [3.05, 3.63) is 29.3 Å². The van der Waals surface area contributed by atoms with Crippen LogP contribution in [0.5, 0.6) is 5.75 Å². The first kappa shape index (κ1) is 16.3. The highest BCUT2D eigenvalue weighted by atomic mass is 16.5. The normalized spacial score (nSPS) is 18.0. The standard InChI is InChI=1S/C17H28N2O2/c1-13(2)17-5-4-16(10-14(17)3)21-12-15(20)11-19-8-6-18-7-9-19/h4-5,10,13,15,18,20H,6-9,11-12H2,1-3H3. The summed E-state index contributed by atoms with van der Waals surface area (Å²) in [4.78, 5) is 2.28. The number of nitrogens with one attached hydrogen (secondary N) is 1. The lowest BCUT2D eigenvalue weighted by Crippen LogP contribution is -2.47. The lowest BCUT2D eigenvalue weighted by molar-refractivity contribution is 0.0641. The van der Waals surface area contributed by atoms with Gasteiger partial charge in [-0.25, -0.2) is 0 Å². The van der Waals surface area contributed by atoms with E-state index in [2.05, 4.69) is 43.1 Å². The molecule has 1 heterocycles. The molecule has 1 aliphatic rings. The Balaban J connectivity index is 1.80. The maximum Gasteiger partial charge on any atom is 0.119 e. The van der Waals surface area contributed by atoms with Crippen molar-refractivity contribution < 1.29 is 9.84 Å². The largest absolute Gasteiger partial charge is 0.491 e. The maximum atomic E-state index is 10.1. The van der Waals surface area contributed by atoms with Crippen molar-refractivity contribution in [3.63, 3.8) is 0 Å². The van der Waals surface area contributed by atoms with Gasteiger partial charge < -0.3 is 15.2 Å². The van der Waals surface area contributed by atoms with E-state index < -0.39 is 6.10 Å². The number of hydrogen-bond donors (Lipinski definition) is 2. The first-order valence-electron chi connectivity index (χ1n) is 7.90. The van der Waals surface area contributed by atoms with Gasteiger partial charge in [0.1, 0.15) is 18.5 Å². The highest BCUT2D eigenvalue weighted by Crippen LogP contribution is 2.23. The van der Waals surface area contributed by atoms with Gasteiger partial charge >= 0.3 is 0 Å². The minimum absolute atomic E-state index is 0.352. The Bertz CT molecular complexity index is 442. The van der Waals surface area contributed by atoms with Crippen molar-refractivity contribution in [2.75, 3.05) is 39.3 Å². The van der Waals surface area contributed by atoms with E-state index in [1.165, 1.54) is 11.1 Å². The molecule has 0 spiro atoms. The Hall–Kier alpha value is -1.10. The van der Waals surface area contributed by atoms with Crippen molar-refractivity contribution in [3.8, 4) is 5.75 Å². The molecule has 0 saturated carbocycles. The molecule has 0 aliphatic carbocycles. The van der Waals surface area contributed by atoms with Crippen molar-refractivity contribution in [2.45, 2.75) is 32.8 Å². The first-order chi connectivity index (χ1) is 10.1. The number of rotatable bonds is 6. The molecule has 1 aliphatic heterocycles. The topological polar surface area (TPSA) is 44.7 Å². The summed E-state index contributed by atoms with van der Waals surface area (Å²) in [5, 5.41) is 13.4. The second-order valence-corrected chi connectivity index (χ2v) is 6.19. The van der Waals surface area contributed by atoms with E-state index in [1.807, 2.05) is 6.07 Å². The fourth-order valence-electron chi connectivity index (χ4n) is 2.82. The number of hydrogen-bond acceptors (Lipinski definition) is 4. The van der Waals surface area contributed by atoms with Gasteiger partial charge in [0.2, 0.25) is 0 Å². The molecule has 21 heavy (non-hydrogen) atoms. The average molecular weight is 292 g/mol. The molecule has 1 aromatic rings. The van der Waals surface area contributed by atoms with Crippen LogP contribution in [0, 0.1) is 6.92 Å². The molecule has 1 unspecified atom stereocenters. The number of ether oxygens (including phenoxy) is 1. The molecule has 2 N–H and O–H groups in total. The molecule has 0 radical (unpaired) electrons. The van der Waals surface area contributed by atoms with Gasteiger partial charge in [0.25, 0.3) is 0 Å². The first-order valence-corrected chi connectivity index (χ1v) is 7.90. The van der Waals surface area contributed by atoms with Crippen LogP contribution >= 0.6 is 0 Å². The fraction of sp³-hybridized carbons (Fsp3) is 0.647. The van der Waals surface area contributed by atoms with Crippen LogP contribution in [0.3, 0.4) is 0 Å². The number of piperazine rings is 1. The summed E-state index contributed by atoms with van der Waals surface area (Å²) in [7, 11) is 0. The monoisotopic (exact) mass is 292 g/mol. The smallest absolute Gasteiger partial charge is 0.119 e. The maximum absolute atomic E-state index is 10.1. The van der Waals surface area contributed by atoms with Crippen molar-refractivity contribution in [1.29, 1.82) is 0 Å². The number of aliphatic hydroxyl groups excluding tert-OH is 1. The van der Waals surface area contributed by atoms with Gasteiger partial charge in [-0.15, -0.1) is 0 Å². The highest BCUT2D eigenvalue weighted by Gasteiger charge is 2.15. The lowest BCUT2D eigenvalue weighted by atomic mass is 9.98. The van der Waals surface area contributed by atoms with Crippen molar-refractivity contribution >= 4 is 0 Å². The molecule has 2 rings (SSSR count). The van der Waals surface area contributed by atoms with Gasteiger partial charge in [0.05, 0.1) is 0 Å². The number of aliphatic hydroxyl groups is 1. The van der Waals surface area contributed by atoms with Crippen LogP contribution in [-0.4, -0.2) is 55.4 Å². The number of aryl methyl sites for hydroxylation is 1. The van der Waals surface area contributed by atoms with E-state index in [9.17, 15) is 5.11 Å². The van der Waals surface area contributed by atoms with E-state index in [-0.39, 0.29) is 0 Å². The molecule has 0 amide bonds. The Morgan fingerprint density at radius 2 is 2.00 bits per heavy atom. The molecule has 1 aromatic carbocycles. The number of β-amino-alcohol motifs (C(OH)–C–C–N with tert-alkyl or cyclic N) is 1. The van der Waals surface area contributed by atoms with Crippen LogP contribution in [0.4, 0.5) is 0 Å². The van der Waals surface area contributed by atoms with Crippen LogP contribution in [0.1, 0.15) is 30.9 Å². The Kier molecular flexibility index (Phi) is 6.03. The molecule has 1 saturated heterocycles. The summed E-state index contributed by atoms with van der Waals surface area (Å²) >= 11 is 0. The van der Waals surface area contributed by atoms with Gasteiger partial charge in [0, 0.05) is 32.7 Å². The summed E-state index contributed by atoms with van der Waals surface area (Å²) < 4.78 is 5.73. The fourth-order valence-corrected chi connectivity index (χ4v) is 2.82. The third-order valence-electron chi connectivity index (χ3n) is 3.98. The zero-order valence-corrected chi connectivity index (χ0v) is 13.4. The highest BCUT2D eigenvalue weighted by molar-refractivity contribution is 5.36. The third kappa shape index (κ3) is 4.99. The van der Waals surface area contributed by atoms with Gasteiger partial charge in [-0.1, -0.05) is 19.9 Å². The van der Waals surface area contributed by atoms with Gasteiger partial charge in [-0.05, 0) is 36.1 Å². The van der Waals surface area contributed by atoms with Crippen LogP contribution in [0.15, 0.2) is 18.2 Å². The van der Waals surface area contributed by atoms with Crippen LogP contribution in [0.25, 0.3) is 0 Å². The predicted molar refractivity (Wildman–Crippen MR) is 86.1 cm³/mol. The summed E-state index contributed by atoms with van der Waals surface area (Å²) in [5.41, 5.74) is 2.60. The van der Waals surface area contributed by atoms with Crippen molar-refractivity contribution in [1.82, 2.24) is 10.2 Å². The molecule has 0 bridgehead atoms. The predicted octanol–water partition coefficient (Wildman–Crippen LogP) is 1.76. The molecule has 1 atom stereocenters. The van der Waals surface area contributed by atoms with E-state index in [0.29, 0.717) is 19.1 Å². The molecule has 1 fully saturated rings. The van der Waals surface area contributed by atoms with Gasteiger partial charge in [-0.3, -0.25) is 4.90 Å². The zero-order chi connectivity index (χ0) is 15.2. The average Bonchev–Trinajstić information content (AvgIpc) is 2.46. The molecular formula is C17H28N2O2. The Labute approximate surface area is 128 Å². The van der Waals surface area contributed by atoms with E-state index in [4.69, 9.17) is 4.74 Å². The van der Waals surface area contributed by atoms with Crippen LogP contribution in [0.2, 0.25) is 0 Å². The second kappa shape index (κ2) is 7.78. The van der Waals surface area contributed by atoms with E-state index in [1.54, 1.807) is 0 Å². The number of benzene rings is 1. The number of nitrogens with zero attached hydrogens (tertiary/aromatic N) is 1. The van der Waals surface area contributed by atoms with Gasteiger partial charge in [0.15, 0.2) is 0 Å². The van der Waals surface area contributed by atoms with Crippen LogP contribution in [-0.2, 0) is 0 Å². The molecule has 4 heteroatoms. The SMILES string of the molecule is Cc1cc(OCC(O)CN2CCNCC2)ccc1C(C)C. The molecule has 118 valence electrons. The van der Waals surface area contributed by atoms with Crippen molar-refractivity contribution in [2.24, 2.45) is 0 Å². The summed E-state index contributed by atoms with van der Waals surface area (Å²) in [5.74, 6) is 1.37. The molecule has 0 aromatic heterocycles. The van der Waals surface area contributed by atoms with E-state index in [0.717, 1.165) is 31.9 Å². The van der Waals surface area contributed by atoms with E-state index >= 15 is 0 Å². The molecule has 4 nitrogen and oxygen atoms in total. The summed E-state index contributed by atoms with van der Waals surface area (Å²) in [6.07, 6.45) is -0.437. The lowest BCUT2D eigenvalue weighted by Gasteiger charge is -2.29. The summed E-state index contributed by atoms with van der Waals surface area (Å²) in [6, 6.07) is 6.19. The summed E-state index contributed by atoms with van der Waals surface area (Å²) in [6.45, 7) is 11.5. The quantitative estimate of drug-likeness (QED) is 0.839. The Morgan fingerprint density at radius 1 is 1.29 bits per heavy atom.